The van der Waals surface area contributed by atoms with E-state index >= 15 is 0 Å². The topological polar surface area (TPSA) is 102 Å². The van der Waals surface area contributed by atoms with E-state index in [-0.39, 0.29) is 23.3 Å². The van der Waals surface area contributed by atoms with Crippen LogP contribution in [0.2, 0.25) is 10.0 Å². The molecule has 1 unspecified atom stereocenters. The van der Waals surface area contributed by atoms with Gasteiger partial charge in [-0.3, -0.25) is 13.6 Å². The summed E-state index contributed by atoms with van der Waals surface area (Å²) in [5.41, 5.74) is 0.361. The molecule has 10 heteroatoms. The minimum absolute atomic E-state index is 0.106. The lowest BCUT2D eigenvalue weighted by molar-refractivity contribution is -0.124. The molecule has 1 aliphatic rings. The summed E-state index contributed by atoms with van der Waals surface area (Å²) in [6.45, 7) is 1.65. The van der Waals surface area contributed by atoms with Crippen LogP contribution >= 0.6 is 23.2 Å². The first-order valence-electron chi connectivity index (χ1n) is 8.72. The molecule has 2 heterocycles. The molecule has 7 nitrogen and oxygen atoms in total. The fraction of sp³-hybridized carbons (Fsp3) is 0.150. The molecule has 4 rings (SSSR count). The Morgan fingerprint density at radius 3 is 2.40 bits per heavy atom. The Morgan fingerprint density at radius 1 is 1.20 bits per heavy atom. The second-order valence-corrected chi connectivity index (χ2v) is 8.75. The highest BCUT2D eigenvalue weighted by atomic mass is 35.5. The number of hydrogen-bond donors (Lipinski definition) is 0. The lowest BCUT2D eigenvalue weighted by Gasteiger charge is -2.27. The number of halogens is 2. The van der Waals surface area contributed by atoms with Crippen molar-refractivity contribution >= 4 is 51.8 Å². The molecule has 1 amide bonds. The van der Waals surface area contributed by atoms with Crippen LogP contribution in [0.25, 0.3) is 0 Å². The van der Waals surface area contributed by atoms with E-state index in [9.17, 15) is 13.6 Å². The van der Waals surface area contributed by atoms with Gasteiger partial charge in [-0.15, -0.1) is 0 Å². The molecule has 2 aromatic carbocycles. The molecule has 0 N–H and O–H groups in total. The first-order chi connectivity index (χ1) is 14.2. The summed E-state index contributed by atoms with van der Waals surface area (Å²) in [6.07, 6.45) is 1.40. The van der Waals surface area contributed by atoms with Gasteiger partial charge in [0.15, 0.2) is 0 Å². The Bertz CT molecular complexity index is 1220. The van der Waals surface area contributed by atoms with E-state index in [1.165, 1.54) is 21.7 Å². The molecule has 30 heavy (non-hydrogen) atoms. The zero-order chi connectivity index (χ0) is 21.6. The highest BCUT2D eigenvalue weighted by molar-refractivity contribution is 7.79. The number of carbonyl (C=O) groups is 1. The van der Waals surface area contributed by atoms with Gasteiger partial charge in [0.25, 0.3) is 5.91 Å². The summed E-state index contributed by atoms with van der Waals surface area (Å²) in [5.74, 6) is -0.214. The summed E-state index contributed by atoms with van der Waals surface area (Å²) in [7, 11) is 0. The van der Waals surface area contributed by atoms with Crippen LogP contribution in [0.3, 0.4) is 0 Å². The van der Waals surface area contributed by atoms with Gasteiger partial charge in [-0.05, 0) is 53.9 Å². The number of imidazole rings is 1. The zero-order valence-corrected chi connectivity index (χ0v) is 17.8. The SMILES string of the molecule is C[C@@]1(Cc2ccc(C#N)cc2)C(=O)N(c2cc(Cl)cc(Cl)c2)c2ncc(S(=O)[O-])n21. The highest BCUT2D eigenvalue weighted by Gasteiger charge is 2.50. The van der Waals surface area contributed by atoms with Gasteiger partial charge in [0, 0.05) is 16.5 Å². The van der Waals surface area contributed by atoms with E-state index < -0.39 is 16.6 Å². The Morgan fingerprint density at radius 2 is 1.83 bits per heavy atom. The fourth-order valence-corrected chi connectivity index (χ4v) is 4.73. The lowest BCUT2D eigenvalue weighted by Crippen LogP contribution is -2.41. The van der Waals surface area contributed by atoms with Crippen molar-refractivity contribution in [3.63, 3.8) is 0 Å². The van der Waals surface area contributed by atoms with Crippen LogP contribution < -0.4 is 4.90 Å². The highest BCUT2D eigenvalue weighted by Crippen LogP contribution is 2.43. The van der Waals surface area contributed by atoms with Crippen molar-refractivity contribution in [2.75, 3.05) is 4.90 Å². The van der Waals surface area contributed by atoms with Crippen LogP contribution in [0, 0.1) is 11.3 Å². The standard InChI is InChI=1S/C20H14Cl2N4O3S/c1-20(9-12-2-4-13(10-23)5-3-12)18(27)25(16-7-14(21)6-15(22)8-16)19-24-11-17(26(19)20)30(28)29/h2-8,11H,9H2,1H3,(H,28,29)/p-1/t20-/m1/s1. The van der Waals surface area contributed by atoms with Crippen molar-refractivity contribution in [3.05, 3.63) is 69.8 Å². The van der Waals surface area contributed by atoms with Crippen LogP contribution in [0.1, 0.15) is 18.1 Å². The number of carbonyl (C=O) groups excluding carboxylic acids is 1. The van der Waals surface area contributed by atoms with Crippen molar-refractivity contribution < 1.29 is 13.6 Å². The summed E-state index contributed by atoms with van der Waals surface area (Å²) >= 11 is 9.62. The van der Waals surface area contributed by atoms with Crippen molar-refractivity contribution in [1.82, 2.24) is 9.55 Å². The summed E-state index contributed by atoms with van der Waals surface area (Å²) in [5, 5.41) is 9.55. The molecule has 0 radical (unpaired) electrons. The molecule has 0 saturated heterocycles. The normalized spacial score (nSPS) is 18.9. The van der Waals surface area contributed by atoms with Gasteiger partial charge in [0.1, 0.15) is 10.6 Å². The largest absolute Gasteiger partial charge is 0.767 e. The minimum atomic E-state index is -2.61. The summed E-state index contributed by atoms with van der Waals surface area (Å²) < 4.78 is 25.1. The maximum atomic E-state index is 13.6. The summed E-state index contributed by atoms with van der Waals surface area (Å²) in [6, 6.07) is 13.5. The van der Waals surface area contributed by atoms with E-state index in [0.717, 1.165) is 5.56 Å². The Labute approximate surface area is 184 Å². The molecule has 0 bridgehead atoms. The van der Waals surface area contributed by atoms with Crippen LogP contribution in [-0.2, 0) is 27.8 Å². The lowest BCUT2D eigenvalue weighted by atomic mass is 9.91. The molecular formula is C20H13Cl2N4O3S-. The number of nitriles is 1. The Kier molecular flexibility index (Phi) is 5.16. The Balaban J connectivity index is 1.87. The Hall–Kier alpha value is -2.70. The molecular weight excluding hydrogens is 447 g/mol. The number of fused-ring (bicyclic) bond motifs is 1. The van der Waals surface area contributed by atoms with Gasteiger partial charge in [-0.1, -0.05) is 35.3 Å². The average Bonchev–Trinajstić information content (AvgIpc) is 3.21. The molecule has 1 aliphatic heterocycles. The van der Waals surface area contributed by atoms with Gasteiger partial charge < -0.3 is 4.55 Å². The number of aromatic nitrogens is 2. The predicted octanol–water partition coefficient (Wildman–Crippen LogP) is 3.94. The van der Waals surface area contributed by atoms with Crippen LogP contribution in [0.5, 0.6) is 0 Å². The first kappa shape index (κ1) is 20.6. The molecule has 0 fully saturated rings. The third-order valence-corrected chi connectivity index (χ3v) is 6.04. The van der Waals surface area contributed by atoms with Gasteiger partial charge in [0.05, 0.1) is 23.5 Å². The number of nitrogens with zero attached hydrogens (tertiary/aromatic N) is 4. The number of amides is 1. The quantitative estimate of drug-likeness (QED) is 0.549. The van der Waals surface area contributed by atoms with Crippen molar-refractivity contribution in [3.8, 4) is 6.07 Å². The smallest absolute Gasteiger partial charge is 0.260 e. The minimum Gasteiger partial charge on any atom is -0.767 e. The van der Waals surface area contributed by atoms with E-state index in [1.54, 1.807) is 43.3 Å². The van der Waals surface area contributed by atoms with Crippen molar-refractivity contribution in [2.45, 2.75) is 23.9 Å². The first-order valence-corrected chi connectivity index (χ1v) is 10.5. The predicted molar refractivity (Wildman–Crippen MR) is 112 cm³/mol. The van der Waals surface area contributed by atoms with Crippen molar-refractivity contribution in [2.24, 2.45) is 0 Å². The van der Waals surface area contributed by atoms with E-state index in [4.69, 9.17) is 28.5 Å². The third kappa shape index (κ3) is 3.30. The zero-order valence-electron chi connectivity index (χ0n) is 15.5. The van der Waals surface area contributed by atoms with E-state index in [2.05, 4.69) is 4.98 Å². The molecule has 0 spiro atoms. The van der Waals surface area contributed by atoms with E-state index in [0.29, 0.717) is 21.3 Å². The summed E-state index contributed by atoms with van der Waals surface area (Å²) in [4.78, 5) is 19.1. The average molecular weight is 460 g/mol. The monoisotopic (exact) mass is 459 g/mol. The van der Waals surface area contributed by atoms with Gasteiger partial charge in [-0.25, -0.2) is 9.88 Å². The van der Waals surface area contributed by atoms with Crippen molar-refractivity contribution in [1.29, 1.82) is 5.26 Å². The molecule has 0 saturated carbocycles. The number of rotatable bonds is 4. The van der Waals surface area contributed by atoms with Gasteiger partial charge in [-0.2, -0.15) is 5.26 Å². The maximum Gasteiger partial charge on any atom is 0.260 e. The molecule has 1 aromatic heterocycles. The molecule has 152 valence electrons. The number of anilines is 2. The van der Waals surface area contributed by atoms with Crippen LogP contribution in [0.15, 0.2) is 53.7 Å². The van der Waals surface area contributed by atoms with Gasteiger partial charge in [0.2, 0.25) is 5.95 Å². The number of hydrogen-bond acceptors (Lipinski definition) is 5. The second kappa shape index (κ2) is 7.52. The molecule has 3 aromatic rings. The van der Waals surface area contributed by atoms with E-state index in [1.807, 2.05) is 6.07 Å². The van der Waals surface area contributed by atoms with Gasteiger partial charge >= 0.3 is 0 Å². The fourth-order valence-electron chi connectivity index (χ4n) is 3.64. The molecule has 2 atom stereocenters. The second-order valence-electron chi connectivity index (χ2n) is 6.99. The van der Waals surface area contributed by atoms with Crippen LogP contribution in [0.4, 0.5) is 11.6 Å². The molecule has 0 aliphatic carbocycles. The third-order valence-electron chi connectivity index (χ3n) is 4.98. The number of benzene rings is 2. The maximum absolute atomic E-state index is 13.6. The van der Waals surface area contributed by atoms with Crippen LogP contribution in [-0.4, -0.2) is 24.2 Å².